The molecule has 0 bridgehead atoms. The number of rotatable bonds is 3. The molecule has 0 aliphatic carbocycles. The van der Waals surface area contributed by atoms with Crippen LogP contribution in [-0.4, -0.2) is 12.2 Å². The standard InChI is InChI=1S/C15H14F2N2OS/c1-9-3-5-13(11(16)7-9)19-15(21)18-10-4-6-14(20-2)12(17)8-10/h3-8H,1-2H3,(H2,18,19,21). The summed E-state index contributed by atoms with van der Waals surface area (Å²) in [6.07, 6.45) is 0. The van der Waals surface area contributed by atoms with E-state index in [1.807, 2.05) is 0 Å². The molecule has 0 aliphatic rings. The van der Waals surface area contributed by atoms with Gasteiger partial charge < -0.3 is 15.4 Å². The van der Waals surface area contributed by atoms with Crippen molar-refractivity contribution in [2.75, 3.05) is 17.7 Å². The molecular weight excluding hydrogens is 294 g/mol. The Morgan fingerprint density at radius 3 is 2.43 bits per heavy atom. The Bertz CT molecular complexity index is 677. The third kappa shape index (κ3) is 3.88. The first-order chi connectivity index (χ1) is 9.99. The number of methoxy groups -OCH3 is 1. The van der Waals surface area contributed by atoms with Gasteiger partial charge in [0, 0.05) is 11.8 Å². The van der Waals surface area contributed by atoms with Gasteiger partial charge in [-0.05, 0) is 49.0 Å². The number of hydrogen-bond acceptors (Lipinski definition) is 2. The summed E-state index contributed by atoms with van der Waals surface area (Å²) >= 11 is 5.07. The molecule has 6 heteroatoms. The van der Waals surface area contributed by atoms with Crippen molar-refractivity contribution in [1.29, 1.82) is 0 Å². The third-order valence-corrected chi connectivity index (χ3v) is 2.99. The number of hydrogen-bond donors (Lipinski definition) is 2. The van der Waals surface area contributed by atoms with E-state index < -0.39 is 11.6 Å². The number of thiocarbonyl (C=S) groups is 1. The number of halogens is 2. The topological polar surface area (TPSA) is 33.3 Å². The fourth-order valence-electron chi connectivity index (χ4n) is 1.75. The average molecular weight is 308 g/mol. The van der Waals surface area contributed by atoms with Crippen LogP contribution in [0.5, 0.6) is 5.75 Å². The van der Waals surface area contributed by atoms with E-state index in [9.17, 15) is 8.78 Å². The van der Waals surface area contributed by atoms with Crippen molar-refractivity contribution in [1.82, 2.24) is 0 Å². The molecule has 2 aromatic carbocycles. The fraction of sp³-hybridized carbons (Fsp3) is 0.133. The van der Waals surface area contributed by atoms with Crippen LogP contribution in [0.2, 0.25) is 0 Å². The first kappa shape index (κ1) is 15.2. The minimum atomic E-state index is -0.508. The largest absolute Gasteiger partial charge is 0.494 e. The Morgan fingerprint density at radius 2 is 1.81 bits per heavy atom. The van der Waals surface area contributed by atoms with Gasteiger partial charge in [0.1, 0.15) is 5.82 Å². The van der Waals surface area contributed by atoms with E-state index in [-0.39, 0.29) is 16.5 Å². The van der Waals surface area contributed by atoms with Crippen LogP contribution in [-0.2, 0) is 0 Å². The zero-order chi connectivity index (χ0) is 15.4. The summed E-state index contributed by atoms with van der Waals surface area (Å²) in [5, 5.41) is 5.68. The summed E-state index contributed by atoms with van der Waals surface area (Å²) in [6.45, 7) is 1.80. The molecule has 2 aromatic rings. The number of benzene rings is 2. The maximum absolute atomic E-state index is 13.7. The molecule has 0 amide bonds. The molecule has 0 radical (unpaired) electrons. The summed E-state index contributed by atoms with van der Waals surface area (Å²) in [6, 6.07) is 9.10. The number of nitrogens with one attached hydrogen (secondary N) is 2. The normalized spacial score (nSPS) is 10.1. The SMILES string of the molecule is COc1ccc(NC(=S)Nc2ccc(C)cc2F)cc1F. The Labute approximate surface area is 126 Å². The van der Waals surface area contributed by atoms with Crippen molar-refractivity contribution in [3.05, 3.63) is 53.6 Å². The van der Waals surface area contributed by atoms with Gasteiger partial charge in [-0.3, -0.25) is 0 Å². The maximum Gasteiger partial charge on any atom is 0.175 e. The van der Waals surface area contributed by atoms with E-state index in [0.29, 0.717) is 5.69 Å². The Morgan fingerprint density at radius 1 is 1.05 bits per heavy atom. The van der Waals surface area contributed by atoms with Gasteiger partial charge in [0.2, 0.25) is 0 Å². The lowest BCUT2D eigenvalue weighted by atomic mass is 10.2. The van der Waals surface area contributed by atoms with Crippen LogP contribution in [0.1, 0.15) is 5.56 Å². The first-order valence-electron chi connectivity index (χ1n) is 6.17. The molecule has 0 saturated carbocycles. The highest BCUT2D eigenvalue weighted by Gasteiger charge is 2.07. The second-order valence-corrected chi connectivity index (χ2v) is 4.82. The average Bonchev–Trinajstić information content (AvgIpc) is 2.42. The van der Waals surface area contributed by atoms with Crippen LogP contribution in [0.4, 0.5) is 20.2 Å². The van der Waals surface area contributed by atoms with Crippen LogP contribution in [0.15, 0.2) is 36.4 Å². The van der Waals surface area contributed by atoms with E-state index in [1.165, 1.54) is 25.3 Å². The smallest absolute Gasteiger partial charge is 0.175 e. The van der Waals surface area contributed by atoms with Crippen molar-refractivity contribution in [3.8, 4) is 5.75 Å². The summed E-state index contributed by atoms with van der Waals surface area (Å²) < 4.78 is 32.1. The van der Waals surface area contributed by atoms with Crippen LogP contribution >= 0.6 is 12.2 Å². The van der Waals surface area contributed by atoms with Gasteiger partial charge in [0.25, 0.3) is 0 Å². The zero-order valence-electron chi connectivity index (χ0n) is 11.5. The molecule has 0 atom stereocenters. The van der Waals surface area contributed by atoms with E-state index in [2.05, 4.69) is 10.6 Å². The van der Waals surface area contributed by atoms with Crippen molar-refractivity contribution in [2.24, 2.45) is 0 Å². The van der Waals surface area contributed by atoms with Gasteiger partial charge in [-0.15, -0.1) is 0 Å². The van der Waals surface area contributed by atoms with E-state index in [4.69, 9.17) is 17.0 Å². The van der Waals surface area contributed by atoms with Gasteiger partial charge in [0.15, 0.2) is 16.7 Å². The summed E-state index contributed by atoms with van der Waals surface area (Å²) in [4.78, 5) is 0. The molecule has 110 valence electrons. The lowest BCUT2D eigenvalue weighted by Crippen LogP contribution is -2.19. The van der Waals surface area contributed by atoms with Gasteiger partial charge in [0.05, 0.1) is 12.8 Å². The Hall–Kier alpha value is -2.21. The van der Waals surface area contributed by atoms with Crippen molar-refractivity contribution >= 4 is 28.7 Å². The van der Waals surface area contributed by atoms with Gasteiger partial charge in [-0.2, -0.15) is 0 Å². The minimum absolute atomic E-state index is 0.143. The predicted octanol–water partition coefficient (Wildman–Crippen LogP) is 4.09. The molecule has 2 N–H and O–H groups in total. The quantitative estimate of drug-likeness (QED) is 0.837. The van der Waals surface area contributed by atoms with Crippen molar-refractivity contribution in [2.45, 2.75) is 6.92 Å². The summed E-state index contributed by atoms with van der Waals surface area (Å²) in [5.74, 6) is -0.768. The van der Waals surface area contributed by atoms with Crippen LogP contribution in [0.3, 0.4) is 0 Å². The van der Waals surface area contributed by atoms with Crippen LogP contribution in [0.25, 0.3) is 0 Å². The highest BCUT2D eigenvalue weighted by molar-refractivity contribution is 7.80. The lowest BCUT2D eigenvalue weighted by Gasteiger charge is -2.12. The summed E-state index contributed by atoms with van der Waals surface area (Å²) in [5.41, 5.74) is 1.51. The third-order valence-electron chi connectivity index (χ3n) is 2.78. The molecule has 0 fully saturated rings. The second-order valence-electron chi connectivity index (χ2n) is 4.41. The van der Waals surface area contributed by atoms with Crippen molar-refractivity contribution in [3.63, 3.8) is 0 Å². The lowest BCUT2D eigenvalue weighted by molar-refractivity contribution is 0.387. The second kappa shape index (κ2) is 6.49. The molecule has 2 rings (SSSR count). The van der Waals surface area contributed by atoms with E-state index >= 15 is 0 Å². The van der Waals surface area contributed by atoms with Crippen molar-refractivity contribution < 1.29 is 13.5 Å². The van der Waals surface area contributed by atoms with Crippen LogP contribution in [0, 0.1) is 18.6 Å². The Kier molecular flexibility index (Phi) is 4.70. The highest BCUT2D eigenvalue weighted by Crippen LogP contribution is 2.21. The van der Waals surface area contributed by atoms with Crippen LogP contribution < -0.4 is 15.4 Å². The van der Waals surface area contributed by atoms with E-state index in [0.717, 1.165) is 5.56 Å². The molecule has 0 aromatic heterocycles. The predicted molar refractivity (Wildman–Crippen MR) is 83.9 cm³/mol. The molecule has 0 heterocycles. The molecule has 0 spiro atoms. The van der Waals surface area contributed by atoms with Gasteiger partial charge >= 0.3 is 0 Å². The number of aryl methyl sites for hydroxylation is 1. The van der Waals surface area contributed by atoms with Gasteiger partial charge in [-0.25, -0.2) is 8.78 Å². The fourth-order valence-corrected chi connectivity index (χ4v) is 1.98. The zero-order valence-corrected chi connectivity index (χ0v) is 12.4. The first-order valence-corrected chi connectivity index (χ1v) is 6.58. The molecule has 0 aliphatic heterocycles. The molecular formula is C15H14F2N2OS. The highest BCUT2D eigenvalue weighted by atomic mass is 32.1. The molecule has 0 unspecified atom stereocenters. The molecule has 0 saturated heterocycles. The van der Waals surface area contributed by atoms with Gasteiger partial charge in [-0.1, -0.05) is 6.07 Å². The number of ether oxygens (including phenoxy) is 1. The maximum atomic E-state index is 13.7. The Balaban J connectivity index is 2.06. The minimum Gasteiger partial charge on any atom is -0.494 e. The number of anilines is 2. The monoisotopic (exact) mass is 308 g/mol. The molecule has 3 nitrogen and oxygen atoms in total. The molecule has 21 heavy (non-hydrogen) atoms. The van der Waals surface area contributed by atoms with E-state index in [1.54, 1.807) is 25.1 Å². The summed E-state index contributed by atoms with van der Waals surface area (Å²) in [7, 11) is 1.39.